The fourth-order valence-corrected chi connectivity index (χ4v) is 5.80. The average molecular weight is 429 g/mol. The van der Waals surface area contributed by atoms with Crippen LogP contribution in [-0.2, 0) is 0 Å². The molecule has 0 aliphatic rings. The van der Waals surface area contributed by atoms with E-state index in [1.807, 2.05) is 19.1 Å². The van der Waals surface area contributed by atoms with E-state index in [1.165, 1.54) is 29.5 Å². The van der Waals surface area contributed by atoms with Gasteiger partial charge in [0.15, 0.2) is 0 Å². The molecule has 0 N–H and O–H groups in total. The first-order chi connectivity index (χ1) is 11.8. The molecule has 0 spiro atoms. The molecule has 9 heteroatoms. The maximum atomic E-state index is 12.6. The minimum atomic E-state index is -4.74. The number of halogens is 3. The Bertz CT molecular complexity index is 1160. The monoisotopic (exact) mass is 430 g/mol. The summed E-state index contributed by atoms with van der Waals surface area (Å²) < 4.78 is 44.1. The molecule has 4 aromatic rings. The molecule has 0 unspecified atom stereocenters. The van der Waals surface area contributed by atoms with Crippen LogP contribution in [0.2, 0.25) is 0 Å². The fraction of sp³-hybridized carbons (Fsp3) is 0.125. The summed E-state index contributed by atoms with van der Waals surface area (Å²) in [6.45, 7) is 1.95. The zero-order chi connectivity index (χ0) is 17.8. The molecule has 2 aromatic carbocycles. The zero-order valence-corrected chi connectivity index (χ0v) is 15.2. The van der Waals surface area contributed by atoms with Crippen LogP contribution in [-0.4, -0.2) is 29.6 Å². The number of alkyl halides is 3. The molecule has 4 rings (SSSR count). The number of hydrogen-bond donors (Lipinski definition) is 0. The Morgan fingerprint density at radius 2 is 2.04 bits per heavy atom. The van der Waals surface area contributed by atoms with E-state index in [2.05, 4.69) is 9.72 Å². The first-order valence-electron chi connectivity index (χ1n) is 7.10. The van der Waals surface area contributed by atoms with Crippen LogP contribution in [0.25, 0.3) is 25.0 Å². The van der Waals surface area contributed by atoms with Crippen molar-refractivity contribution >= 4 is 45.9 Å². The Kier molecular flexibility index (Phi) is 3.75. The van der Waals surface area contributed by atoms with E-state index in [-0.39, 0.29) is 26.0 Å². The molecular weight excluding hydrogens is 420 g/mol. The molecule has 0 fully saturated rings. The first-order valence-corrected chi connectivity index (χ1v) is 9.54. The Balaban J connectivity index is 1.84. The molecule has 4 nitrogen and oxygen atoms in total. The number of nitrogens with zero attached hydrogens (tertiary/aromatic N) is 2. The van der Waals surface area contributed by atoms with Crippen molar-refractivity contribution in [1.82, 2.24) is 8.55 Å². The molecule has 0 aliphatic carbocycles. The SMILES string of the molecule is Cc1cccc2c(=O)n(-c3nc4ccc(OC(F)(F)F)cc4s3)[se]c12. The quantitative estimate of drug-likeness (QED) is 0.455. The van der Waals surface area contributed by atoms with Gasteiger partial charge >= 0.3 is 149 Å². The third kappa shape index (κ3) is 2.99. The predicted octanol–water partition coefficient (Wildman–Crippen LogP) is 3.86. The first kappa shape index (κ1) is 16.4. The zero-order valence-electron chi connectivity index (χ0n) is 12.6. The van der Waals surface area contributed by atoms with Crippen molar-refractivity contribution in [1.29, 1.82) is 0 Å². The van der Waals surface area contributed by atoms with Crippen LogP contribution in [0.15, 0.2) is 41.2 Å². The van der Waals surface area contributed by atoms with E-state index in [0.29, 0.717) is 20.7 Å². The van der Waals surface area contributed by atoms with Crippen LogP contribution in [0.3, 0.4) is 0 Å². The van der Waals surface area contributed by atoms with Crippen LogP contribution in [0.4, 0.5) is 13.2 Å². The van der Waals surface area contributed by atoms with Crippen molar-refractivity contribution < 1.29 is 17.9 Å². The van der Waals surface area contributed by atoms with Crippen molar-refractivity contribution in [2.45, 2.75) is 13.3 Å². The van der Waals surface area contributed by atoms with Crippen molar-refractivity contribution in [3.63, 3.8) is 0 Å². The molecule has 0 aliphatic heterocycles. The van der Waals surface area contributed by atoms with E-state index in [4.69, 9.17) is 0 Å². The van der Waals surface area contributed by atoms with E-state index in [0.717, 1.165) is 9.82 Å². The second kappa shape index (κ2) is 5.72. The molecule has 0 bridgehead atoms. The third-order valence-corrected chi connectivity index (χ3v) is 7.44. The van der Waals surface area contributed by atoms with Gasteiger partial charge in [-0.15, -0.1) is 0 Å². The number of hydrogen-bond acceptors (Lipinski definition) is 4. The number of aromatic nitrogens is 2. The normalized spacial score (nSPS) is 12.2. The number of benzene rings is 2. The fourth-order valence-electron chi connectivity index (χ4n) is 2.49. The van der Waals surface area contributed by atoms with Gasteiger partial charge in [-0.3, -0.25) is 0 Å². The molecule has 0 amide bonds. The molecule has 0 radical (unpaired) electrons. The summed E-state index contributed by atoms with van der Waals surface area (Å²) in [6.07, 6.45) is -4.74. The van der Waals surface area contributed by atoms with Gasteiger partial charge in [0, 0.05) is 0 Å². The predicted molar refractivity (Wildman–Crippen MR) is 91.1 cm³/mol. The van der Waals surface area contributed by atoms with Crippen molar-refractivity contribution in [2.24, 2.45) is 0 Å². The van der Waals surface area contributed by atoms with Crippen molar-refractivity contribution in [3.8, 4) is 10.9 Å². The number of ether oxygens (including phenoxy) is 1. The molecule has 128 valence electrons. The molecule has 0 atom stereocenters. The van der Waals surface area contributed by atoms with E-state index in [9.17, 15) is 18.0 Å². The summed E-state index contributed by atoms with van der Waals surface area (Å²) >= 11 is 0.938. The Morgan fingerprint density at radius 3 is 2.76 bits per heavy atom. The van der Waals surface area contributed by atoms with Crippen LogP contribution in [0.1, 0.15) is 5.56 Å². The Labute approximate surface area is 149 Å². The van der Waals surface area contributed by atoms with Crippen LogP contribution >= 0.6 is 11.3 Å². The van der Waals surface area contributed by atoms with Crippen LogP contribution < -0.4 is 10.3 Å². The van der Waals surface area contributed by atoms with Crippen molar-refractivity contribution in [3.05, 3.63) is 52.3 Å². The summed E-state index contributed by atoms with van der Waals surface area (Å²) in [5.74, 6) is -0.299. The topological polar surface area (TPSA) is 44.1 Å². The third-order valence-electron chi connectivity index (χ3n) is 3.57. The van der Waals surface area contributed by atoms with Gasteiger partial charge in [0.1, 0.15) is 0 Å². The summed E-state index contributed by atoms with van der Waals surface area (Å²) in [4.78, 5) is 17.0. The summed E-state index contributed by atoms with van der Waals surface area (Å²) in [5, 5.41) is 1.15. The van der Waals surface area contributed by atoms with Gasteiger partial charge in [-0.25, -0.2) is 0 Å². The molecule has 2 aromatic heterocycles. The van der Waals surface area contributed by atoms with Gasteiger partial charge in [-0.2, -0.15) is 0 Å². The maximum absolute atomic E-state index is 12.6. The minimum absolute atomic E-state index is 0.121. The van der Waals surface area contributed by atoms with Gasteiger partial charge < -0.3 is 0 Å². The van der Waals surface area contributed by atoms with E-state index < -0.39 is 6.36 Å². The van der Waals surface area contributed by atoms with E-state index in [1.54, 1.807) is 9.63 Å². The van der Waals surface area contributed by atoms with Gasteiger partial charge in [-0.1, -0.05) is 0 Å². The summed E-state index contributed by atoms with van der Waals surface area (Å²) in [5.41, 5.74) is 1.46. The second-order valence-corrected chi connectivity index (χ2v) is 8.33. The van der Waals surface area contributed by atoms with Gasteiger partial charge in [0.25, 0.3) is 0 Å². The Hall–Kier alpha value is -2.09. The molecule has 0 saturated heterocycles. The standard InChI is InChI=1S/C16H9F3N2O2SSe/c1-8-3-2-4-10-13(8)25-21(14(10)22)15-20-11-6-5-9(7-12(11)24-15)23-16(17,18)19/h2-7H,1H3. The average Bonchev–Trinajstić information content (AvgIpc) is 3.08. The second-order valence-electron chi connectivity index (χ2n) is 5.32. The number of rotatable bonds is 2. The number of thiazole rings is 1. The molecule has 2 heterocycles. The molecule has 0 saturated carbocycles. The summed E-state index contributed by atoms with van der Waals surface area (Å²) in [6, 6.07) is 9.55. The molecular formula is C16H9F3N2O2SSe. The van der Waals surface area contributed by atoms with E-state index >= 15 is 0 Å². The van der Waals surface area contributed by atoms with Gasteiger partial charge in [-0.05, 0) is 0 Å². The van der Waals surface area contributed by atoms with Crippen molar-refractivity contribution in [2.75, 3.05) is 0 Å². The molecule has 25 heavy (non-hydrogen) atoms. The van der Waals surface area contributed by atoms with Gasteiger partial charge in [0.05, 0.1) is 0 Å². The van der Waals surface area contributed by atoms with Gasteiger partial charge in [0.2, 0.25) is 0 Å². The van der Waals surface area contributed by atoms with Crippen LogP contribution in [0.5, 0.6) is 5.75 Å². The summed E-state index contributed by atoms with van der Waals surface area (Å²) in [7, 11) is 0. The number of fused-ring (bicyclic) bond motifs is 2. The number of aryl methyl sites for hydroxylation is 1. The Morgan fingerprint density at radius 1 is 1.24 bits per heavy atom. The van der Waals surface area contributed by atoms with Crippen LogP contribution in [0, 0.1) is 6.92 Å².